The first kappa shape index (κ1) is 12.5. The molecular weight excluding hydrogens is 240 g/mol. The van der Waals surface area contributed by atoms with E-state index in [4.69, 9.17) is 4.74 Å². The van der Waals surface area contributed by atoms with Crippen LogP contribution in [0.1, 0.15) is 19.3 Å². The first-order valence-electron chi connectivity index (χ1n) is 7.09. The Hall–Kier alpha value is -1.55. The Morgan fingerprint density at radius 3 is 2.74 bits per heavy atom. The van der Waals surface area contributed by atoms with Gasteiger partial charge in [0.05, 0.1) is 18.8 Å². The lowest BCUT2D eigenvalue weighted by molar-refractivity contribution is -0.119. The molecule has 19 heavy (non-hydrogen) atoms. The summed E-state index contributed by atoms with van der Waals surface area (Å²) in [6, 6.07) is 7.83. The minimum atomic E-state index is 0.194. The number of fused-ring (bicyclic) bond motifs is 1. The van der Waals surface area contributed by atoms with E-state index >= 15 is 0 Å². The number of rotatable bonds is 2. The Bertz CT molecular complexity index is 455. The topological polar surface area (TPSA) is 32.8 Å². The molecule has 1 fully saturated rings. The number of carbonyl (C=O) groups excluding carboxylic acids is 1. The van der Waals surface area contributed by atoms with Crippen molar-refractivity contribution in [2.45, 2.75) is 19.3 Å². The summed E-state index contributed by atoms with van der Waals surface area (Å²) in [4.78, 5) is 16.6. The van der Waals surface area contributed by atoms with Gasteiger partial charge in [-0.3, -0.25) is 9.69 Å². The van der Waals surface area contributed by atoms with Crippen LogP contribution in [0.3, 0.4) is 0 Å². The van der Waals surface area contributed by atoms with Crippen molar-refractivity contribution in [2.75, 3.05) is 37.7 Å². The zero-order valence-electron chi connectivity index (χ0n) is 11.2. The normalized spacial score (nSPS) is 19.7. The average molecular weight is 260 g/mol. The highest BCUT2D eigenvalue weighted by Gasteiger charge is 2.24. The number of nitrogens with zero attached hydrogens (tertiary/aromatic N) is 2. The lowest BCUT2D eigenvalue weighted by Gasteiger charge is -2.24. The maximum Gasteiger partial charge on any atom is 0.241 e. The molecule has 0 aromatic heterocycles. The maximum absolute atomic E-state index is 12.5. The summed E-state index contributed by atoms with van der Waals surface area (Å²) in [5.74, 6) is 1.02. The lowest BCUT2D eigenvalue weighted by atomic mass is 10.2. The molecule has 1 saturated heterocycles. The van der Waals surface area contributed by atoms with Gasteiger partial charge in [0.2, 0.25) is 5.91 Å². The molecule has 2 aliphatic heterocycles. The van der Waals surface area contributed by atoms with Crippen molar-refractivity contribution in [1.29, 1.82) is 0 Å². The fourth-order valence-corrected chi connectivity index (χ4v) is 2.80. The fraction of sp³-hybridized carbons (Fsp3) is 0.533. The smallest absolute Gasteiger partial charge is 0.241 e. The summed E-state index contributed by atoms with van der Waals surface area (Å²) in [6.07, 6.45) is 3.32. The van der Waals surface area contributed by atoms with Crippen LogP contribution in [-0.4, -0.2) is 43.6 Å². The Kier molecular flexibility index (Phi) is 3.69. The standard InChI is InChI=1S/C15H20N2O2/c18-15(12-16-8-3-4-9-16)17-10-5-11-19-14-7-2-1-6-13(14)17/h1-2,6-7H,3-5,8-12H2. The molecule has 2 heterocycles. The molecule has 0 N–H and O–H groups in total. The van der Waals surface area contributed by atoms with Crippen LogP contribution in [-0.2, 0) is 4.79 Å². The first-order valence-corrected chi connectivity index (χ1v) is 7.09. The van der Waals surface area contributed by atoms with E-state index in [1.807, 2.05) is 29.2 Å². The second-order valence-corrected chi connectivity index (χ2v) is 5.20. The second kappa shape index (κ2) is 5.61. The largest absolute Gasteiger partial charge is 0.491 e. The van der Waals surface area contributed by atoms with E-state index < -0.39 is 0 Å². The van der Waals surface area contributed by atoms with Gasteiger partial charge < -0.3 is 9.64 Å². The third-order valence-corrected chi connectivity index (χ3v) is 3.80. The van der Waals surface area contributed by atoms with Crippen LogP contribution in [0.2, 0.25) is 0 Å². The van der Waals surface area contributed by atoms with E-state index in [2.05, 4.69) is 4.90 Å². The van der Waals surface area contributed by atoms with E-state index in [9.17, 15) is 4.79 Å². The van der Waals surface area contributed by atoms with Crippen molar-refractivity contribution >= 4 is 11.6 Å². The summed E-state index contributed by atoms with van der Waals surface area (Å²) in [5, 5.41) is 0. The van der Waals surface area contributed by atoms with Crippen molar-refractivity contribution in [2.24, 2.45) is 0 Å². The van der Waals surface area contributed by atoms with Crippen LogP contribution in [0.5, 0.6) is 5.75 Å². The van der Waals surface area contributed by atoms with Gasteiger partial charge in [0.25, 0.3) is 0 Å². The second-order valence-electron chi connectivity index (χ2n) is 5.20. The minimum absolute atomic E-state index is 0.194. The van der Waals surface area contributed by atoms with Crippen LogP contribution in [0.15, 0.2) is 24.3 Å². The van der Waals surface area contributed by atoms with Crippen molar-refractivity contribution in [3.05, 3.63) is 24.3 Å². The first-order chi connectivity index (χ1) is 9.34. The zero-order chi connectivity index (χ0) is 13.1. The van der Waals surface area contributed by atoms with Gasteiger partial charge in [0.1, 0.15) is 5.75 Å². The Morgan fingerprint density at radius 2 is 1.89 bits per heavy atom. The van der Waals surface area contributed by atoms with Crippen LogP contribution in [0, 0.1) is 0 Å². The monoisotopic (exact) mass is 260 g/mol. The van der Waals surface area contributed by atoms with E-state index in [1.165, 1.54) is 12.8 Å². The van der Waals surface area contributed by atoms with Gasteiger partial charge in [-0.1, -0.05) is 12.1 Å². The number of benzene rings is 1. The van der Waals surface area contributed by atoms with Gasteiger partial charge in [-0.2, -0.15) is 0 Å². The number of hydrogen-bond donors (Lipinski definition) is 0. The van der Waals surface area contributed by atoms with Crippen LogP contribution in [0.25, 0.3) is 0 Å². The molecule has 2 aliphatic rings. The molecule has 0 spiro atoms. The van der Waals surface area contributed by atoms with E-state index in [0.717, 1.165) is 37.5 Å². The van der Waals surface area contributed by atoms with E-state index in [1.54, 1.807) is 0 Å². The van der Waals surface area contributed by atoms with E-state index in [-0.39, 0.29) is 5.91 Å². The Labute approximate surface area is 113 Å². The van der Waals surface area contributed by atoms with E-state index in [0.29, 0.717) is 13.2 Å². The highest BCUT2D eigenvalue weighted by molar-refractivity contribution is 5.96. The molecule has 0 atom stereocenters. The number of likely N-dealkylation sites (tertiary alicyclic amines) is 1. The van der Waals surface area contributed by atoms with Gasteiger partial charge in [-0.25, -0.2) is 0 Å². The zero-order valence-corrected chi connectivity index (χ0v) is 11.2. The molecule has 1 aromatic carbocycles. The van der Waals surface area contributed by atoms with Crippen molar-refractivity contribution in [1.82, 2.24) is 4.90 Å². The third-order valence-electron chi connectivity index (χ3n) is 3.80. The van der Waals surface area contributed by atoms with Crippen molar-refractivity contribution in [3.63, 3.8) is 0 Å². The summed E-state index contributed by atoms with van der Waals surface area (Å²) in [7, 11) is 0. The summed E-state index contributed by atoms with van der Waals surface area (Å²) < 4.78 is 5.69. The number of anilines is 1. The highest BCUT2D eigenvalue weighted by Crippen LogP contribution is 2.30. The van der Waals surface area contributed by atoms with Crippen molar-refractivity contribution in [3.8, 4) is 5.75 Å². The number of hydrogen-bond acceptors (Lipinski definition) is 3. The summed E-state index contributed by atoms with van der Waals surface area (Å²) in [5.41, 5.74) is 0.921. The van der Waals surface area contributed by atoms with Crippen LogP contribution in [0.4, 0.5) is 5.69 Å². The van der Waals surface area contributed by atoms with Crippen LogP contribution < -0.4 is 9.64 Å². The molecule has 0 unspecified atom stereocenters. The van der Waals surface area contributed by atoms with Crippen molar-refractivity contribution < 1.29 is 9.53 Å². The van der Waals surface area contributed by atoms with Gasteiger partial charge in [-0.05, 0) is 44.5 Å². The third kappa shape index (κ3) is 2.73. The number of amides is 1. The molecule has 1 amide bonds. The maximum atomic E-state index is 12.5. The summed E-state index contributed by atoms with van der Waals surface area (Å²) >= 11 is 0. The molecule has 0 bridgehead atoms. The predicted molar refractivity (Wildman–Crippen MR) is 74.6 cm³/mol. The van der Waals surface area contributed by atoms with Gasteiger partial charge in [0, 0.05) is 6.54 Å². The molecule has 0 radical (unpaired) electrons. The molecule has 4 heteroatoms. The molecule has 1 aromatic rings. The molecule has 0 aliphatic carbocycles. The van der Waals surface area contributed by atoms with Crippen LogP contribution >= 0.6 is 0 Å². The fourth-order valence-electron chi connectivity index (χ4n) is 2.80. The number of ether oxygens (including phenoxy) is 1. The Balaban J connectivity index is 1.77. The average Bonchev–Trinajstić information content (AvgIpc) is 2.83. The van der Waals surface area contributed by atoms with Gasteiger partial charge in [-0.15, -0.1) is 0 Å². The minimum Gasteiger partial charge on any atom is -0.491 e. The number of carbonyl (C=O) groups is 1. The SMILES string of the molecule is O=C(CN1CCCC1)N1CCCOc2ccccc21. The lowest BCUT2D eigenvalue weighted by Crippen LogP contribution is -2.39. The molecular formula is C15H20N2O2. The van der Waals surface area contributed by atoms with Gasteiger partial charge in [0.15, 0.2) is 0 Å². The molecule has 3 rings (SSSR count). The van der Waals surface area contributed by atoms with Gasteiger partial charge >= 0.3 is 0 Å². The predicted octanol–water partition coefficient (Wildman–Crippen LogP) is 1.90. The quantitative estimate of drug-likeness (QED) is 0.814. The molecule has 0 saturated carbocycles. The summed E-state index contributed by atoms with van der Waals surface area (Å²) in [6.45, 7) is 4.08. The molecule has 4 nitrogen and oxygen atoms in total. The number of para-hydroxylation sites is 2. The molecule has 102 valence electrons. The Morgan fingerprint density at radius 1 is 1.11 bits per heavy atom. The highest BCUT2D eigenvalue weighted by atomic mass is 16.5.